The molecule has 6 heteroatoms. The molecule has 1 aromatic rings. The maximum Gasteiger partial charge on any atom is 0.234 e. The van der Waals surface area contributed by atoms with Crippen LogP contribution in [0.5, 0.6) is 5.88 Å². The maximum absolute atomic E-state index is 5.72. The molecule has 0 saturated heterocycles. The standard InChI is InChI=1S/C11H17IN4O/c12-8-9(13)15-11(14)16-10(8)17-6-7-4-2-1-3-5-7/h7H,1-6H2,(H4,13,14,15,16). The van der Waals surface area contributed by atoms with E-state index in [2.05, 4.69) is 32.6 Å². The second-order valence-corrected chi connectivity index (χ2v) is 5.48. The Morgan fingerprint density at radius 3 is 2.59 bits per heavy atom. The molecule has 1 aromatic heterocycles. The predicted molar refractivity (Wildman–Crippen MR) is 75.6 cm³/mol. The third kappa shape index (κ3) is 3.34. The Hall–Kier alpha value is -0.790. The molecule has 5 nitrogen and oxygen atoms in total. The topological polar surface area (TPSA) is 87.0 Å². The Labute approximate surface area is 114 Å². The van der Waals surface area contributed by atoms with Gasteiger partial charge in [0.25, 0.3) is 0 Å². The van der Waals surface area contributed by atoms with Crippen LogP contribution in [0.1, 0.15) is 32.1 Å². The van der Waals surface area contributed by atoms with E-state index in [1.165, 1.54) is 32.1 Å². The van der Waals surface area contributed by atoms with Gasteiger partial charge in [0.05, 0.1) is 6.61 Å². The molecular formula is C11H17IN4O. The van der Waals surface area contributed by atoms with Gasteiger partial charge in [0.1, 0.15) is 9.39 Å². The van der Waals surface area contributed by atoms with Gasteiger partial charge in [-0.1, -0.05) is 19.3 Å². The molecule has 1 saturated carbocycles. The highest BCUT2D eigenvalue weighted by atomic mass is 127. The molecule has 0 bridgehead atoms. The molecule has 17 heavy (non-hydrogen) atoms. The Balaban J connectivity index is 1.98. The number of rotatable bonds is 3. The molecule has 0 amide bonds. The van der Waals surface area contributed by atoms with Crippen molar-refractivity contribution >= 4 is 34.4 Å². The highest BCUT2D eigenvalue weighted by Gasteiger charge is 2.16. The van der Waals surface area contributed by atoms with Crippen LogP contribution < -0.4 is 16.2 Å². The summed E-state index contributed by atoms with van der Waals surface area (Å²) in [5, 5.41) is 0. The minimum atomic E-state index is 0.168. The van der Waals surface area contributed by atoms with Gasteiger partial charge < -0.3 is 16.2 Å². The van der Waals surface area contributed by atoms with Gasteiger partial charge in [0.2, 0.25) is 11.8 Å². The van der Waals surface area contributed by atoms with Crippen LogP contribution in [-0.4, -0.2) is 16.6 Å². The van der Waals surface area contributed by atoms with E-state index in [0.29, 0.717) is 24.2 Å². The first-order valence-electron chi connectivity index (χ1n) is 5.88. The minimum Gasteiger partial charge on any atom is -0.476 e. The van der Waals surface area contributed by atoms with Crippen LogP contribution >= 0.6 is 22.6 Å². The SMILES string of the molecule is Nc1nc(N)c(I)c(OCC2CCCCC2)n1. The van der Waals surface area contributed by atoms with Gasteiger partial charge in [-0.25, -0.2) is 0 Å². The molecule has 4 N–H and O–H groups in total. The summed E-state index contributed by atoms with van der Waals surface area (Å²) < 4.78 is 6.46. The Morgan fingerprint density at radius 2 is 1.88 bits per heavy atom. The van der Waals surface area contributed by atoms with Crippen LogP contribution in [0.2, 0.25) is 0 Å². The van der Waals surface area contributed by atoms with Crippen molar-refractivity contribution in [3.05, 3.63) is 3.57 Å². The van der Waals surface area contributed by atoms with Crippen LogP contribution in [0, 0.1) is 9.49 Å². The van der Waals surface area contributed by atoms with Gasteiger partial charge in [-0.05, 0) is 41.4 Å². The zero-order valence-corrected chi connectivity index (χ0v) is 11.8. The molecule has 1 heterocycles. The molecule has 0 aromatic carbocycles. The number of ether oxygens (including phenoxy) is 1. The summed E-state index contributed by atoms with van der Waals surface area (Å²) in [7, 11) is 0. The van der Waals surface area contributed by atoms with Crippen molar-refractivity contribution in [2.24, 2.45) is 5.92 Å². The van der Waals surface area contributed by atoms with E-state index in [1.54, 1.807) is 0 Å². The predicted octanol–water partition coefficient (Wildman–Crippen LogP) is 2.20. The number of halogens is 1. The van der Waals surface area contributed by atoms with Crippen LogP contribution in [0.15, 0.2) is 0 Å². The van der Waals surface area contributed by atoms with Gasteiger partial charge in [-0.2, -0.15) is 9.97 Å². The fraction of sp³-hybridized carbons (Fsp3) is 0.636. The van der Waals surface area contributed by atoms with Crippen LogP contribution in [0.25, 0.3) is 0 Å². The van der Waals surface area contributed by atoms with Crippen LogP contribution in [-0.2, 0) is 0 Å². The van der Waals surface area contributed by atoms with E-state index in [-0.39, 0.29) is 5.95 Å². The minimum absolute atomic E-state index is 0.168. The lowest BCUT2D eigenvalue weighted by Crippen LogP contribution is -2.17. The average Bonchev–Trinajstić information content (AvgIpc) is 2.33. The zero-order valence-electron chi connectivity index (χ0n) is 9.66. The van der Waals surface area contributed by atoms with Crippen molar-refractivity contribution in [3.63, 3.8) is 0 Å². The fourth-order valence-electron chi connectivity index (χ4n) is 2.11. The van der Waals surface area contributed by atoms with Crippen molar-refractivity contribution < 1.29 is 4.74 Å². The second kappa shape index (κ2) is 5.70. The van der Waals surface area contributed by atoms with Crippen molar-refractivity contribution in [1.82, 2.24) is 9.97 Å². The summed E-state index contributed by atoms with van der Waals surface area (Å²) in [5.74, 6) is 1.71. The van der Waals surface area contributed by atoms with E-state index in [1.807, 2.05) is 0 Å². The van der Waals surface area contributed by atoms with Crippen molar-refractivity contribution in [2.45, 2.75) is 32.1 Å². The summed E-state index contributed by atoms with van der Waals surface area (Å²) in [6.07, 6.45) is 6.44. The summed E-state index contributed by atoms with van der Waals surface area (Å²) in [4.78, 5) is 7.96. The Kier molecular flexibility index (Phi) is 4.25. The maximum atomic E-state index is 5.72. The smallest absolute Gasteiger partial charge is 0.234 e. The van der Waals surface area contributed by atoms with E-state index in [9.17, 15) is 0 Å². The van der Waals surface area contributed by atoms with Crippen molar-refractivity contribution in [2.75, 3.05) is 18.1 Å². The highest BCUT2D eigenvalue weighted by molar-refractivity contribution is 14.1. The molecule has 1 aliphatic carbocycles. The molecule has 2 rings (SSSR count). The molecule has 0 spiro atoms. The average molecular weight is 348 g/mol. The number of nitrogens with zero attached hydrogens (tertiary/aromatic N) is 2. The van der Waals surface area contributed by atoms with Gasteiger partial charge in [-0.15, -0.1) is 0 Å². The third-order valence-corrected chi connectivity index (χ3v) is 4.06. The van der Waals surface area contributed by atoms with Gasteiger partial charge in [-0.3, -0.25) is 0 Å². The summed E-state index contributed by atoms with van der Waals surface area (Å²) in [5.41, 5.74) is 11.3. The largest absolute Gasteiger partial charge is 0.476 e. The summed E-state index contributed by atoms with van der Waals surface area (Å²) in [6, 6.07) is 0. The molecule has 0 aliphatic heterocycles. The fourth-order valence-corrected chi connectivity index (χ4v) is 2.50. The van der Waals surface area contributed by atoms with Gasteiger partial charge in [0.15, 0.2) is 0 Å². The Morgan fingerprint density at radius 1 is 1.18 bits per heavy atom. The number of anilines is 2. The van der Waals surface area contributed by atoms with E-state index in [0.717, 1.165) is 3.57 Å². The van der Waals surface area contributed by atoms with Crippen LogP contribution in [0.3, 0.4) is 0 Å². The first kappa shape index (κ1) is 12.7. The van der Waals surface area contributed by atoms with E-state index >= 15 is 0 Å². The molecule has 0 atom stereocenters. The molecule has 94 valence electrons. The first-order valence-corrected chi connectivity index (χ1v) is 6.96. The first-order chi connectivity index (χ1) is 8.16. The number of hydrogen-bond donors (Lipinski definition) is 2. The highest BCUT2D eigenvalue weighted by Crippen LogP contribution is 2.27. The van der Waals surface area contributed by atoms with Crippen LogP contribution in [0.4, 0.5) is 11.8 Å². The lowest BCUT2D eigenvalue weighted by atomic mass is 9.90. The molecular weight excluding hydrogens is 331 g/mol. The number of aromatic nitrogens is 2. The zero-order chi connectivity index (χ0) is 12.3. The molecule has 0 radical (unpaired) electrons. The monoisotopic (exact) mass is 348 g/mol. The quantitative estimate of drug-likeness (QED) is 0.818. The van der Waals surface area contributed by atoms with Crippen molar-refractivity contribution in [1.29, 1.82) is 0 Å². The number of nitrogen functional groups attached to an aromatic ring is 2. The lowest BCUT2D eigenvalue weighted by Gasteiger charge is -2.21. The van der Waals surface area contributed by atoms with Gasteiger partial charge >= 0.3 is 0 Å². The number of hydrogen-bond acceptors (Lipinski definition) is 5. The second-order valence-electron chi connectivity index (χ2n) is 4.40. The summed E-state index contributed by atoms with van der Waals surface area (Å²) >= 11 is 2.09. The third-order valence-electron chi connectivity index (χ3n) is 3.04. The lowest BCUT2D eigenvalue weighted by molar-refractivity contribution is 0.202. The number of nitrogens with two attached hydrogens (primary N) is 2. The summed E-state index contributed by atoms with van der Waals surface area (Å²) in [6.45, 7) is 0.700. The normalized spacial score (nSPS) is 17.0. The van der Waals surface area contributed by atoms with Crippen molar-refractivity contribution in [3.8, 4) is 5.88 Å². The molecule has 0 unspecified atom stereocenters. The Bertz CT molecular complexity index is 393. The van der Waals surface area contributed by atoms with E-state index in [4.69, 9.17) is 16.2 Å². The molecule has 1 fully saturated rings. The van der Waals surface area contributed by atoms with E-state index < -0.39 is 0 Å². The van der Waals surface area contributed by atoms with Gasteiger partial charge in [0, 0.05) is 0 Å². The molecule has 1 aliphatic rings.